The molecule has 1 atom stereocenters. The fourth-order valence-corrected chi connectivity index (χ4v) is 1.54. The van der Waals surface area contributed by atoms with Crippen molar-refractivity contribution in [3.63, 3.8) is 0 Å². The third-order valence-electron chi connectivity index (χ3n) is 2.55. The highest BCUT2D eigenvalue weighted by Crippen LogP contribution is 2.25. The summed E-state index contributed by atoms with van der Waals surface area (Å²) in [6.07, 6.45) is 4.98. The van der Waals surface area contributed by atoms with Gasteiger partial charge in [-0.25, -0.2) is 4.39 Å². The van der Waals surface area contributed by atoms with Gasteiger partial charge in [-0.3, -0.25) is 4.98 Å². The molecule has 1 heterocycles. The van der Waals surface area contributed by atoms with Gasteiger partial charge < -0.3 is 5.11 Å². The van der Waals surface area contributed by atoms with E-state index < -0.39 is 5.60 Å². The predicted molar refractivity (Wildman–Crippen MR) is 57.9 cm³/mol. The molecular weight excluding hydrogens is 193 g/mol. The summed E-state index contributed by atoms with van der Waals surface area (Å²) in [7, 11) is 0. The average Bonchev–Trinajstić information content (AvgIpc) is 2.18. The van der Waals surface area contributed by atoms with Crippen molar-refractivity contribution in [2.75, 3.05) is 0 Å². The highest BCUT2D eigenvalue weighted by Gasteiger charge is 2.23. The lowest BCUT2D eigenvalue weighted by Crippen LogP contribution is -2.22. The van der Waals surface area contributed by atoms with Gasteiger partial charge in [0.05, 0.1) is 11.9 Å². The lowest BCUT2D eigenvalue weighted by molar-refractivity contribution is 0.0404. The van der Waals surface area contributed by atoms with Crippen molar-refractivity contribution >= 4 is 0 Å². The number of hydrogen-bond acceptors (Lipinski definition) is 2. The number of unbranched alkanes of at least 4 members (excludes halogenated alkanes) is 2. The first-order chi connectivity index (χ1) is 7.06. The van der Waals surface area contributed by atoms with Crippen molar-refractivity contribution in [2.45, 2.75) is 45.1 Å². The minimum absolute atomic E-state index is 0.372. The molecule has 0 radical (unpaired) electrons. The van der Waals surface area contributed by atoms with E-state index in [1.165, 1.54) is 6.07 Å². The van der Waals surface area contributed by atoms with Gasteiger partial charge in [0.2, 0.25) is 0 Å². The van der Waals surface area contributed by atoms with Crippen LogP contribution in [0, 0.1) is 5.82 Å². The summed E-state index contributed by atoms with van der Waals surface area (Å²) in [6.45, 7) is 3.84. The topological polar surface area (TPSA) is 33.1 Å². The third kappa shape index (κ3) is 3.59. The number of rotatable bonds is 5. The molecule has 0 fully saturated rings. The Morgan fingerprint density at radius 1 is 1.40 bits per heavy atom. The third-order valence-corrected chi connectivity index (χ3v) is 2.55. The molecule has 0 spiro atoms. The number of aromatic nitrogens is 1. The Hall–Kier alpha value is -0.960. The zero-order valence-electron chi connectivity index (χ0n) is 9.33. The number of halogens is 1. The summed E-state index contributed by atoms with van der Waals surface area (Å²) >= 11 is 0. The molecule has 0 aliphatic heterocycles. The molecule has 15 heavy (non-hydrogen) atoms. The van der Waals surface area contributed by atoms with Crippen molar-refractivity contribution in [1.82, 2.24) is 4.98 Å². The van der Waals surface area contributed by atoms with Crippen LogP contribution in [-0.2, 0) is 5.60 Å². The van der Waals surface area contributed by atoms with Crippen LogP contribution in [0.2, 0.25) is 0 Å². The number of hydrogen-bond donors (Lipinski definition) is 1. The lowest BCUT2D eigenvalue weighted by atomic mass is 9.94. The van der Waals surface area contributed by atoms with Crippen LogP contribution in [0.15, 0.2) is 18.3 Å². The Bertz CT molecular complexity index is 295. The van der Waals surface area contributed by atoms with E-state index in [9.17, 15) is 9.50 Å². The van der Waals surface area contributed by atoms with Crippen molar-refractivity contribution in [1.29, 1.82) is 0 Å². The van der Waals surface area contributed by atoms with Crippen LogP contribution in [-0.4, -0.2) is 10.1 Å². The second-order valence-electron chi connectivity index (χ2n) is 4.09. The van der Waals surface area contributed by atoms with Gasteiger partial charge in [-0.1, -0.05) is 26.2 Å². The van der Waals surface area contributed by atoms with E-state index in [0.29, 0.717) is 12.1 Å². The van der Waals surface area contributed by atoms with E-state index in [4.69, 9.17) is 0 Å². The van der Waals surface area contributed by atoms with Crippen LogP contribution in [0.4, 0.5) is 4.39 Å². The number of aliphatic hydroxyl groups is 1. The maximum absolute atomic E-state index is 12.6. The molecule has 0 aliphatic rings. The molecule has 0 bridgehead atoms. The molecule has 0 aliphatic carbocycles. The average molecular weight is 211 g/mol. The number of nitrogens with zero attached hydrogens (tertiary/aromatic N) is 1. The molecule has 0 saturated heterocycles. The molecule has 1 aromatic rings. The standard InChI is InChI=1S/C12H18FNO/c1-3-4-5-8-12(2,15)11-7-6-10(13)9-14-11/h6-7,9,15H,3-5,8H2,1-2H3. The Morgan fingerprint density at radius 2 is 2.13 bits per heavy atom. The van der Waals surface area contributed by atoms with Gasteiger partial charge in [0, 0.05) is 0 Å². The van der Waals surface area contributed by atoms with Gasteiger partial charge in [0.15, 0.2) is 0 Å². The summed E-state index contributed by atoms with van der Waals surface area (Å²) in [5.41, 5.74) is -0.400. The summed E-state index contributed by atoms with van der Waals surface area (Å²) < 4.78 is 12.6. The van der Waals surface area contributed by atoms with Crippen LogP contribution in [0.1, 0.15) is 45.2 Å². The Labute approximate surface area is 90.2 Å². The zero-order chi connectivity index (χ0) is 11.3. The number of pyridine rings is 1. The molecule has 0 saturated carbocycles. The maximum atomic E-state index is 12.6. The van der Waals surface area contributed by atoms with Gasteiger partial charge in [-0.15, -0.1) is 0 Å². The van der Waals surface area contributed by atoms with E-state index in [1.807, 2.05) is 0 Å². The fraction of sp³-hybridized carbons (Fsp3) is 0.583. The largest absolute Gasteiger partial charge is 0.384 e. The smallest absolute Gasteiger partial charge is 0.141 e. The van der Waals surface area contributed by atoms with Gasteiger partial charge in [0.25, 0.3) is 0 Å². The fourth-order valence-electron chi connectivity index (χ4n) is 1.54. The normalized spacial score (nSPS) is 14.9. The van der Waals surface area contributed by atoms with Crippen molar-refractivity contribution in [3.05, 3.63) is 29.8 Å². The molecule has 3 heteroatoms. The zero-order valence-corrected chi connectivity index (χ0v) is 9.33. The first-order valence-corrected chi connectivity index (χ1v) is 5.40. The lowest BCUT2D eigenvalue weighted by Gasteiger charge is -2.22. The van der Waals surface area contributed by atoms with Crippen LogP contribution >= 0.6 is 0 Å². The first-order valence-electron chi connectivity index (χ1n) is 5.40. The van der Waals surface area contributed by atoms with Gasteiger partial charge in [-0.2, -0.15) is 0 Å². The summed E-state index contributed by atoms with van der Waals surface area (Å²) in [5.74, 6) is -0.372. The van der Waals surface area contributed by atoms with Crippen molar-refractivity contribution < 1.29 is 9.50 Å². The SMILES string of the molecule is CCCCCC(C)(O)c1ccc(F)cn1. The van der Waals surface area contributed by atoms with Gasteiger partial charge in [-0.05, 0) is 25.5 Å². The molecule has 1 unspecified atom stereocenters. The Balaban J connectivity index is 2.63. The molecule has 1 rings (SSSR count). The maximum Gasteiger partial charge on any atom is 0.141 e. The molecule has 1 aromatic heterocycles. The molecule has 2 nitrogen and oxygen atoms in total. The summed E-state index contributed by atoms with van der Waals surface area (Å²) in [5, 5.41) is 10.1. The van der Waals surface area contributed by atoms with E-state index in [2.05, 4.69) is 11.9 Å². The quantitative estimate of drug-likeness (QED) is 0.759. The van der Waals surface area contributed by atoms with Gasteiger partial charge in [0.1, 0.15) is 11.4 Å². The van der Waals surface area contributed by atoms with E-state index in [0.717, 1.165) is 25.5 Å². The second-order valence-corrected chi connectivity index (χ2v) is 4.09. The highest BCUT2D eigenvalue weighted by molar-refractivity contribution is 5.12. The Morgan fingerprint density at radius 3 is 2.67 bits per heavy atom. The molecule has 0 aromatic carbocycles. The molecule has 1 N–H and O–H groups in total. The van der Waals surface area contributed by atoms with Crippen LogP contribution in [0.5, 0.6) is 0 Å². The molecule has 84 valence electrons. The minimum Gasteiger partial charge on any atom is -0.384 e. The van der Waals surface area contributed by atoms with Gasteiger partial charge >= 0.3 is 0 Å². The first kappa shape index (κ1) is 12.1. The highest BCUT2D eigenvalue weighted by atomic mass is 19.1. The molecular formula is C12H18FNO. The molecule has 0 amide bonds. The van der Waals surface area contributed by atoms with E-state index in [1.54, 1.807) is 13.0 Å². The van der Waals surface area contributed by atoms with Crippen LogP contribution < -0.4 is 0 Å². The van der Waals surface area contributed by atoms with Crippen molar-refractivity contribution in [3.8, 4) is 0 Å². The minimum atomic E-state index is -0.942. The van der Waals surface area contributed by atoms with E-state index in [-0.39, 0.29) is 5.82 Å². The second kappa shape index (κ2) is 5.21. The van der Waals surface area contributed by atoms with Crippen molar-refractivity contribution in [2.24, 2.45) is 0 Å². The van der Waals surface area contributed by atoms with Crippen LogP contribution in [0.25, 0.3) is 0 Å². The summed E-state index contributed by atoms with van der Waals surface area (Å²) in [6, 6.07) is 2.87. The van der Waals surface area contributed by atoms with E-state index >= 15 is 0 Å². The predicted octanol–water partition coefficient (Wildman–Crippen LogP) is 3.01. The monoisotopic (exact) mass is 211 g/mol. The Kier molecular flexibility index (Phi) is 4.21. The van der Waals surface area contributed by atoms with Crippen LogP contribution in [0.3, 0.4) is 0 Å². The summed E-state index contributed by atoms with van der Waals surface area (Å²) in [4.78, 5) is 3.90.